The van der Waals surface area contributed by atoms with Gasteiger partial charge in [0.1, 0.15) is 5.82 Å². The minimum Gasteiger partial charge on any atom is -0.379 e. The summed E-state index contributed by atoms with van der Waals surface area (Å²) >= 11 is 0. The summed E-state index contributed by atoms with van der Waals surface area (Å²) in [7, 11) is -1.66. The lowest BCUT2D eigenvalue weighted by molar-refractivity contribution is -0.132. The van der Waals surface area contributed by atoms with Crippen LogP contribution < -0.4 is 0 Å². The molecule has 0 unspecified atom stereocenters. The highest BCUT2D eigenvalue weighted by atomic mass is 32.2. The molecule has 0 aliphatic carbocycles. The van der Waals surface area contributed by atoms with Crippen LogP contribution in [0.5, 0.6) is 0 Å². The second-order valence-corrected chi connectivity index (χ2v) is 12.5. The Kier molecular flexibility index (Phi) is 8.16. The number of piperidine rings is 1. The van der Waals surface area contributed by atoms with Gasteiger partial charge < -0.3 is 14.2 Å². The SMILES string of the molecule is Cc1ccc(CCC2CCN(C(=O)CCc3nc4cc(S(=O)(=O)N5CCOCC5)ccc4n3C)CC2)cc1. The van der Waals surface area contributed by atoms with Gasteiger partial charge in [-0.1, -0.05) is 29.8 Å². The Labute approximate surface area is 225 Å². The summed E-state index contributed by atoms with van der Waals surface area (Å²) in [6.45, 7) is 5.30. The molecular weight excluding hydrogens is 500 g/mol. The molecule has 0 saturated carbocycles. The van der Waals surface area contributed by atoms with E-state index in [1.807, 2.05) is 22.6 Å². The van der Waals surface area contributed by atoms with E-state index < -0.39 is 10.0 Å². The molecule has 0 spiro atoms. The fourth-order valence-corrected chi connectivity index (χ4v) is 6.95. The molecule has 8 nitrogen and oxygen atoms in total. The minimum atomic E-state index is -3.58. The van der Waals surface area contributed by atoms with Crippen molar-refractivity contribution >= 4 is 27.0 Å². The number of aryl methyl sites for hydroxylation is 4. The summed E-state index contributed by atoms with van der Waals surface area (Å²) < 4.78 is 34.8. The van der Waals surface area contributed by atoms with Gasteiger partial charge in [-0.25, -0.2) is 13.4 Å². The highest BCUT2D eigenvalue weighted by molar-refractivity contribution is 7.89. The summed E-state index contributed by atoms with van der Waals surface area (Å²) in [6.07, 6.45) is 5.33. The number of benzene rings is 2. The van der Waals surface area contributed by atoms with Gasteiger partial charge in [-0.3, -0.25) is 4.79 Å². The average molecular weight is 539 g/mol. The first kappa shape index (κ1) is 26.8. The molecule has 2 aliphatic heterocycles. The molecule has 3 heterocycles. The number of rotatable bonds is 8. The van der Waals surface area contributed by atoms with Crippen LogP contribution in [0, 0.1) is 12.8 Å². The topological polar surface area (TPSA) is 84.7 Å². The normalized spacial score (nSPS) is 17.8. The Bertz CT molecular complexity index is 1370. The van der Waals surface area contributed by atoms with Crippen molar-refractivity contribution in [2.45, 2.75) is 50.3 Å². The maximum atomic E-state index is 13.0. The van der Waals surface area contributed by atoms with Gasteiger partial charge in [-0.15, -0.1) is 0 Å². The number of aromatic nitrogens is 2. The first-order valence-corrected chi connectivity index (χ1v) is 15.1. The van der Waals surface area contributed by atoms with Gasteiger partial charge in [0, 0.05) is 46.1 Å². The third kappa shape index (κ3) is 5.95. The number of hydrogen-bond donors (Lipinski definition) is 0. The minimum absolute atomic E-state index is 0.171. The van der Waals surface area contributed by atoms with Gasteiger partial charge in [-0.2, -0.15) is 4.31 Å². The number of sulfonamides is 1. The number of fused-ring (bicyclic) bond motifs is 1. The molecular formula is C29H38N4O4S. The summed E-state index contributed by atoms with van der Waals surface area (Å²) in [6, 6.07) is 13.9. The van der Waals surface area contributed by atoms with Crippen LogP contribution in [0.3, 0.4) is 0 Å². The number of morpholine rings is 1. The van der Waals surface area contributed by atoms with Crippen LogP contribution in [0.2, 0.25) is 0 Å². The monoisotopic (exact) mass is 538 g/mol. The van der Waals surface area contributed by atoms with Crippen molar-refractivity contribution < 1.29 is 17.9 Å². The van der Waals surface area contributed by atoms with Crippen LogP contribution in [0.1, 0.15) is 42.6 Å². The van der Waals surface area contributed by atoms with E-state index in [0.29, 0.717) is 50.6 Å². The van der Waals surface area contributed by atoms with Crippen LogP contribution in [0.15, 0.2) is 47.4 Å². The zero-order valence-electron chi connectivity index (χ0n) is 22.4. The predicted octanol–water partition coefficient (Wildman–Crippen LogP) is 3.71. The van der Waals surface area contributed by atoms with Crippen LogP contribution in [0.25, 0.3) is 11.0 Å². The van der Waals surface area contributed by atoms with Crippen LogP contribution in [-0.2, 0) is 39.4 Å². The third-order valence-electron chi connectivity index (χ3n) is 8.04. The van der Waals surface area contributed by atoms with E-state index in [9.17, 15) is 13.2 Å². The highest BCUT2D eigenvalue weighted by Crippen LogP contribution is 2.25. The standard InChI is InChI=1S/C29H38N4O4S/c1-22-3-5-23(6-4-22)7-8-24-13-15-32(16-14-24)29(34)12-11-28-30-26-21-25(9-10-27(26)31(28)2)38(35,36)33-17-19-37-20-18-33/h3-6,9-10,21,24H,7-8,11-20H2,1-2H3. The van der Waals surface area contributed by atoms with Crippen molar-refractivity contribution in [3.63, 3.8) is 0 Å². The van der Waals surface area contributed by atoms with Crippen molar-refractivity contribution in [2.24, 2.45) is 13.0 Å². The molecule has 0 radical (unpaired) electrons. The van der Waals surface area contributed by atoms with Gasteiger partial charge in [0.15, 0.2) is 0 Å². The number of hydrogen-bond acceptors (Lipinski definition) is 5. The van der Waals surface area contributed by atoms with Crippen molar-refractivity contribution in [3.8, 4) is 0 Å². The van der Waals surface area contributed by atoms with Crippen molar-refractivity contribution in [1.29, 1.82) is 0 Å². The lowest BCUT2D eigenvalue weighted by atomic mass is 9.90. The smallest absolute Gasteiger partial charge is 0.243 e. The highest BCUT2D eigenvalue weighted by Gasteiger charge is 2.27. The molecule has 38 heavy (non-hydrogen) atoms. The fourth-order valence-electron chi connectivity index (χ4n) is 5.52. The van der Waals surface area contributed by atoms with Crippen molar-refractivity contribution in [1.82, 2.24) is 18.8 Å². The zero-order chi connectivity index (χ0) is 26.7. The van der Waals surface area contributed by atoms with Gasteiger partial charge in [0.2, 0.25) is 15.9 Å². The van der Waals surface area contributed by atoms with Crippen LogP contribution in [-0.4, -0.2) is 72.5 Å². The van der Waals surface area contributed by atoms with Gasteiger partial charge >= 0.3 is 0 Å². The van der Waals surface area contributed by atoms with E-state index in [-0.39, 0.29) is 10.8 Å². The molecule has 9 heteroatoms. The van der Waals surface area contributed by atoms with Gasteiger partial charge in [-0.05, 0) is 62.3 Å². The summed E-state index contributed by atoms with van der Waals surface area (Å²) in [5.41, 5.74) is 4.18. The maximum absolute atomic E-state index is 13.0. The summed E-state index contributed by atoms with van der Waals surface area (Å²) in [4.78, 5) is 19.9. The lowest BCUT2D eigenvalue weighted by Crippen LogP contribution is -2.40. The molecule has 5 rings (SSSR count). The molecule has 0 atom stereocenters. The predicted molar refractivity (Wildman–Crippen MR) is 147 cm³/mol. The third-order valence-corrected chi connectivity index (χ3v) is 9.94. The number of carbonyl (C=O) groups excluding carboxylic acids is 1. The second-order valence-electron chi connectivity index (χ2n) is 10.6. The Morgan fingerprint density at radius 2 is 1.71 bits per heavy atom. The molecule has 2 aromatic carbocycles. The van der Waals surface area contributed by atoms with Gasteiger partial charge in [0.25, 0.3) is 0 Å². The summed E-state index contributed by atoms with van der Waals surface area (Å²) in [5, 5.41) is 0. The molecule has 1 amide bonds. The maximum Gasteiger partial charge on any atom is 0.243 e. The molecule has 2 aliphatic rings. The molecule has 3 aromatic rings. The van der Waals surface area contributed by atoms with E-state index in [1.165, 1.54) is 21.9 Å². The Morgan fingerprint density at radius 3 is 2.42 bits per heavy atom. The number of carbonyl (C=O) groups is 1. The van der Waals surface area contributed by atoms with E-state index in [4.69, 9.17) is 9.72 Å². The number of likely N-dealkylation sites (tertiary alicyclic amines) is 1. The fraction of sp³-hybridized carbons (Fsp3) is 0.517. The Hall–Kier alpha value is -2.75. The molecule has 1 aromatic heterocycles. The molecule has 2 fully saturated rings. The number of amides is 1. The zero-order valence-corrected chi connectivity index (χ0v) is 23.3. The van der Waals surface area contributed by atoms with Crippen LogP contribution in [0.4, 0.5) is 0 Å². The Morgan fingerprint density at radius 1 is 1.00 bits per heavy atom. The number of ether oxygens (including phenoxy) is 1. The molecule has 0 bridgehead atoms. The first-order chi connectivity index (χ1) is 18.3. The lowest BCUT2D eigenvalue weighted by Gasteiger charge is -2.32. The van der Waals surface area contributed by atoms with Crippen molar-refractivity contribution in [3.05, 3.63) is 59.4 Å². The van der Waals surface area contributed by atoms with E-state index in [2.05, 4.69) is 31.2 Å². The Balaban J connectivity index is 1.15. The number of imidazole rings is 1. The van der Waals surface area contributed by atoms with E-state index >= 15 is 0 Å². The quantitative estimate of drug-likeness (QED) is 0.437. The molecule has 0 N–H and O–H groups in total. The summed E-state index contributed by atoms with van der Waals surface area (Å²) in [5.74, 6) is 1.63. The molecule has 2 saturated heterocycles. The van der Waals surface area contributed by atoms with Crippen LogP contribution >= 0.6 is 0 Å². The molecule has 204 valence electrons. The van der Waals surface area contributed by atoms with Gasteiger partial charge in [0.05, 0.1) is 29.1 Å². The largest absolute Gasteiger partial charge is 0.379 e. The average Bonchev–Trinajstić information content (AvgIpc) is 3.26. The van der Waals surface area contributed by atoms with E-state index in [0.717, 1.165) is 43.7 Å². The van der Waals surface area contributed by atoms with E-state index in [1.54, 1.807) is 12.1 Å². The second kappa shape index (κ2) is 11.6. The van der Waals surface area contributed by atoms with Crippen molar-refractivity contribution in [2.75, 3.05) is 39.4 Å². The number of nitrogens with zero attached hydrogens (tertiary/aromatic N) is 4. The first-order valence-electron chi connectivity index (χ1n) is 13.7.